The van der Waals surface area contributed by atoms with Crippen molar-refractivity contribution in [3.63, 3.8) is 0 Å². The van der Waals surface area contributed by atoms with Gasteiger partial charge in [-0.2, -0.15) is 0 Å². The number of thiophene rings is 1. The molecule has 1 aliphatic heterocycles. The lowest BCUT2D eigenvalue weighted by Crippen LogP contribution is -2.22. The summed E-state index contributed by atoms with van der Waals surface area (Å²) in [6.45, 7) is 5.07. The average Bonchev–Trinajstić information content (AvgIpc) is 2.84. The molecule has 3 atom stereocenters. The molecule has 0 spiro atoms. The van der Waals surface area contributed by atoms with Crippen molar-refractivity contribution in [2.24, 2.45) is 5.92 Å². The number of hydrogen-bond acceptors (Lipinski definition) is 3. The predicted octanol–water partition coefficient (Wildman–Crippen LogP) is 2.77. The van der Waals surface area contributed by atoms with Crippen molar-refractivity contribution in [1.29, 1.82) is 0 Å². The minimum Gasteiger partial charge on any atom is -0.385 e. The Bertz CT molecular complexity index is 321. The predicted molar refractivity (Wildman–Crippen MR) is 62.2 cm³/mol. The van der Waals surface area contributed by atoms with E-state index < -0.39 is 6.10 Å². The second kappa shape index (κ2) is 4.64. The van der Waals surface area contributed by atoms with E-state index in [9.17, 15) is 5.11 Å². The third-order valence-electron chi connectivity index (χ3n) is 3.08. The molecule has 1 N–H and O–H groups in total. The van der Waals surface area contributed by atoms with E-state index in [1.165, 1.54) is 4.88 Å². The van der Waals surface area contributed by atoms with Crippen molar-refractivity contribution in [1.82, 2.24) is 0 Å². The van der Waals surface area contributed by atoms with Gasteiger partial charge in [0, 0.05) is 16.4 Å². The Labute approximate surface area is 94.9 Å². The highest BCUT2D eigenvalue weighted by molar-refractivity contribution is 7.12. The van der Waals surface area contributed by atoms with Crippen LogP contribution >= 0.6 is 11.3 Å². The summed E-state index contributed by atoms with van der Waals surface area (Å²) in [6, 6.07) is 4.13. The van der Waals surface area contributed by atoms with Crippen molar-refractivity contribution < 1.29 is 9.84 Å². The zero-order chi connectivity index (χ0) is 10.8. The molecule has 1 saturated heterocycles. The Morgan fingerprint density at radius 3 is 2.93 bits per heavy atom. The summed E-state index contributed by atoms with van der Waals surface area (Å²) in [4.78, 5) is 2.38. The van der Waals surface area contributed by atoms with Gasteiger partial charge in [0.05, 0.1) is 6.10 Å². The van der Waals surface area contributed by atoms with Crippen LogP contribution in [0.1, 0.15) is 36.1 Å². The van der Waals surface area contributed by atoms with Gasteiger partial charge in [-0.25, -0.2) is 0 Å². The highest BCUT2D eigenvalue weighted by atomic mass is 32.1. The van der Waals surface area contributed by atoms with Crippen LogP contribution in [0.15, 0.2) is 12.1 Å². The van der Waals surface area contributed by atoms with Crippen molar-refractivity contribution in [3.8, 4) is 0 Å². The van der Waals surface area contributed by atoms with Gasteiger partial charge in [-0.1, -0.05) is 13.8 Å². The van der Waals surface area contributed by atoms with E-state index in [2.05, 4.69) is 19.9 Å². The lowest BCUT2D eigenvalue weighted by atomic mass is 9.99. The maximum atomic E-state index is 10.2. The van der Waals surface area contributed by atoms with Crippen molar-refractivity contribution in [2.75, 3.05) is 6.61 Å². The Kier molecular flexibility index (Phi) is 3.44. The fourth-order valence-electron chi connectivity index (χ4n) is 2.03. The van der Waals surface area contributed by atoms with Gasteiger partial charge in [-0.05, 0) is 30.9 Å². The van der Waals surface area contributed by atoms with Gasteiger partial charge in [0.1, 0.15) is 6.10 Å². The summed E-state index contributed by atoms with van der Waals surface area (Å²) in [5.41, 5.74) is 0. The van der Waals surface area contributed by atoms with Crippen molar-refractivity contribution in [2.45, 2.75) is 38.9 Å². The molecule has 0 aliphatic carbocycles. The van der Waals surface area contributed by atoms with E-state index in [1.807, 2.05) is 6.07 Å². The van der Waals surface area contributed by atoms with Crippen LogP contribution in [-0.2, 0) is 11.2 Å². The number of ether oxygens (including phenoxy) is 1. The average molecular weight is 226 g/mol. The molecule has 2 nitrogen and oxygen atoms in total. The molecule has 1 fully saturated rings. The maximum Gasteiger partial charge on any atom is 0.114 e. The van der Waals surface area contributed by atoms with Crippen LogP contribution in [0.3, 0.4) is 0 Å². The first-order valence-corrected chi connectivity index (χ1v) is 6.42. The number of aliphatic hydroxyl groups is 1. The van der Waals surface area contributed by atoms with E-state index in [-0.39, 0.29) is 6.10 Å². The second-order valence-corrected chi connectivity index (χ2v) is 5.40. The number of aryl methyl sites for hydroxylation is 1. The molecule has 3 heteroatoms. The minimum atomic E-state index is -0.437. The van der Waals surface area contributed by atoms with Gasteiger partial charge in [0.25, 0.3) is 0 Å². The fraction of sp³-hybridized carbons (Fsp3) is 0.667. The Morgan fingerprint density at radius 1 is 1.60 bits per heavy atom. The van der Waals surface area contributed by atoms with Crippen molar-refractivity contribution >= 4 is 11.3 Å². The molecule has 0 radical (unpaired) electrons. The Morgan fingerprint density at radius 2 is 2.40 bits per heavy atom. The summed E-state index contributed by atoms with van der Waals surface area (Å²) in [6.07, 6.45) is 1.66. The Balaban J connectivity index is 2.09. The first-order valence-electron chi connectivity index (χ1n) is 5.60. The molecule has 0 amide bonds. The van der Waals surface area contributed by atoms with Gasteiger partial charge in [-0.3, -0.25) is 0 Å². The molecule has 3 unspecified atom stereocenters. The molecule has 15 heavy (non-hydrogen) atoms. The van der Waals surface area contributed by atoms with Crippen molar-refractivity contribution in [3.05, 3.63) is 21.9 Å². The number of aliphatic hydroxyl groups excluding tert-OH is 1. The van der Waals surface area contributed by atoms with E-state index in [4.69, 9.17) is 4.74 Å². The van der Waals surface area contributed by atoms with Crippen LogP contribution in [0, 0.1) is 5.92 Å². The van der Waals surface area contributed by atoms with Crippen LogP contribution in [0.25, 0.3) is 0 Å². The first kappa shape index (κ1) is 11.1. The third-order valence-corrected chi connectivity index (χ3v) is 4.38. The van der Waals surface area contributed by atoms with Gasteiger partial charge in [0.2, 0.25) is 0 Å². The van der Waals surface area contributed by atoms with E-state index in [0.717, 1.165) is 24.3 Å². The van der Waals surface area contributed by atoms with Gasteiger partial charge >= 0.3 is 0 Å². The molecular formula is C12H18O2S. The van der Waals surface area contributed by atoms with Crippen LogP contribution in [0.4, 0.5) is 0 Å². The quantitative estimate of drug-likeness (QED) is 0.858. The van der Waals surface area contributed by atoms with E-state index in [1.54, 1.807) is 11.3 Å². The zero-order valence-corrected chi connectivity index (χ0v) is 10.1. The fourth-order valence-corrected chi connectivity index (χ4v) is 3.00. The van der Waals surface area contributed by atoms with Gasteiger partial charge in [-0.15, -0.1) is 11.3 Å². The van der Waals surface area contributed by atoms with Gasteiger partial charge < -0.3 is 9.84 Å². The molecule has 0 saturated carbocycles. The smallest absolute Gasteiger partial charge is 0.114 e. The monoisotopic (exact) mass is 226 g/mol. The highest BCUT2D eigenvalue weighted by Crippen LogP contribution is 2.34. The maximum absolute atomic E-state index is 10.2. The Hall–Kier alpha value is -0.380. The summed E-state index contributed by atoms with van der Waals surface area (Å²) in [5.74, 6) is 0.465. The minimum absolute atomic E-state index is 0.00615. The molecule has 1 aliphatic rings. The normalized spacial score (nSPS) is 28.2. The van der Waals surface area contributed by atoms with Crippen LogP contribution < -0.4 is 0 Å². The topological polar surface area (TPSA) is 29.5 Å². The molecule has 1 aromatic heterocycles. The molecule has 84 valence electrons. The first-order chi connectivity index (χ1) is 7.22. The zero-order valence-electron chi connectivity index (χ0n) is 9.27. The summed E-state index contributed by atoms with van der Waals surface area (Å²) < 4.78 is 5.58. The SMILES string of the molecule is CCc1ccc(C(O)C2OCCC2C)s1. The lowest BCUT2D eigenvalue weighted by molar-refractivity contribution is -0.0160. The lowest BCUT2D eigenvalue weighted by Gasteiger charge is -2.20. The summed E-state index contributed by atoms with van der Waals surface area (Å²) >= 11 is 1.70. The van der Waals surface area contributed by atoms with Crippen LogP contribution in [0.5, 0.6) is 0 Å². The number of hydrogen-bond donors (Lipinski definition) is 1. The molecule has 2 heterocycles. The standard InChI is InChI=1S/C12H18O2S/c1-3-9-4-5-10(15-9)11(13)12-8(2)6-7-14-12/h4-5,8,11-13H,3,6-7H2,1-2H3. The second-order valence-electron chi connectivity index (χ2n) is 4.20. The molecule has 0 aromatic carbocycles. The molecule has 2 rings (SSSR count). The van der Waals surface area contributed by atoms with Crippen LogP contribution in [0.2, 0.25) is 0 Å². The van der Waals surface area contributed by atoms with E-state index >= 15 is 0 Å². The van der Waals surface area contributed by atoms with Gasteiger partial charge in [0.15, 0.2) is 0 Å². The summed E-state index contributed by atoms with van der Waals surface area (Å²) in [5, 5.41) is 10.2. The number of rotatable bonds is 3. The van der Waals surface area contributed by atoms with E-state index in [0.29, 0.717) is 5.92 Å². The third kappa shape index (κ3) is 2.25. The van der Waals surface area contributed by atoms with Crippen LogP contribution in [-0.4, -0.2) is 17.8 Å². The molecule has 0 bridgehead atoms. The molecule has 1 aromatic rings. The molecular weight excluding hydrogens is 208 g/mol. The summed E-state index contributed by atoms with van der Waals surface area (Å²) in [7, 11) is 0. The largest absolute Gasteiger partial charge is 0.385 e. The highest BCUT2D eigenvalue weighted by Gasteiger charge is 2.32.